The number of hydrogen-bond acceptors (Lipinski definition) is 2. The van der Waals surface area contributed by atoms with Crippen molar-refractivity contribution in [2.45, 2.75) is 64.8 Å². The van der Waals surface area contributed by atoms with Crippen molar-refractivity contribution in [3.8, 4) is 0 Å². The molecule has 0 radical (unpaired) electrons. The van der Waals surface area contributed by atoms with E-state index in [9.17, 15) is 5.11 Å². The Morgan fingerprint density at radius 3 is 2.39 bits per heavy atom. The van der Waals surface area contributed by atoms with Crippen LogP contribution in [0.15, 0.2) is 30.3 Å². The van der Waals surface area contributed by atoms with E-state index in [0.717, 1.165) is 18.9 Å². The fourth-order valence-electron chi connectivity index (χ4n) is 3.92. The van der Waals surface area contributed by atoms with E-state index in [1.54, 1.807) is 0 Å². The molecule has 2 atom stereocenters. The molecule has 23 heavy (non-hydrogen) atoms. The van der Waals surface area contributed by atoms with Crippen LogP contribution in [0.5, 0.6) is 0 Å². The minimum absolute atomic E-state index is 0.312. The summed E-state index contributed by atoms with van der Waals surface area (Å²) in [5.74, 6) is 1.90. The van der Waals surface area contributed by atoms with E-state index in [2.05, 4.69) is 49.5 Å². The summed E-state index contributed by atoms with van der Waals surface area (Å²) >= 11 is 0. The lowest BCUT2D eigenvalue weighted by atomic mass is 9.83. The Morgan fingerprint density at radius 1 is 1.09 bits per heavy atom. The topological polar surface area (TPSA) is 32.3 Å². The molecule has 1 saturated carbocycles. The van der Waals surface area contributed by atoms with Crippen LogP contribution in [0.2, 0.25) is 0 Å². The summed E-state index contributed by atoms with van der Waals surface area (Å²) in [5.41, 5.74) is 1.37. The first-order chi connectivity index (χ1) is 11.2. The van der Waals surface area contributed by atoms with Crippen LogP contribution in [-0.4, -0.2) is 18.3 Å². The molecule has 0 spiro atoms. The number of benzene rings is 1. The first-order valence-corrected chi connectivity index (χ1v) is 9.58. The summed E-state index contributed by atoms with van der Waals surface area (Å²) in [6, 6.07) is 11.2. The standard InChI is InChI=1S/C21H35NO/c1-17(2)13-21(20-11-7-4-8-12-20)22-15-19(16-23)14-18-9-5-3-6-10-18/h4,7-8,11-12,17-19,21-23H,3,5-6,9-10,13-16H2,1-2H3. The third-order valence-electron chi connectivity index (χ3n) is 5.21. The summed E-state index contributed by atoms with van der Waals surface area (Å²) in [6.45, 7) is 5.80. The van der Waals surface area contributed by atoms with Crippen molar-refractivity contribution < 1.29 is 5.11 Å². The lowest BCUT2D eigenvalue weighted by molar-refractivity contribution is 0.178. The molecule has 0 aliphatic heterocycles. The van der Waals surface area contributed by atoms with E-state index < -0.39 is 0 Å². The largest absolute Gasteiger partial charge is 0.396 e. The van der Waals surface area contributed by atoms with Crippen LogP contribution in [0, 0.1) is 17.8 Å². The van der Waals surface area contributed by atoms with Crippen molar-refractivity contribution in [1.82, 2.24) is 5.32 Å². The first kappa shape index (κ1) is 18.5. The maximum Gasteiger partial charge on any atom is 0.0471 e. The fourth-order valence-corrected chi connectivity index (χ4v) is 3.92. The second kappa shape index (κ2) is 10.1. The fraction of sp³-hybridized carbons (Fsp3) is 0.714. The minimum Gasteiger partial charge on any atom is -0.396 e. The van der Waals surface area contributed by atoms with E-state index in [1.807, 2.05) is 0 Å². The summed E-state index contributed by atoms with van der Waals surface area (Å²) < 4.78 is 0. The van der Waals surface area contributed by atoms with Gasteiger partial charge in [0.1, 0.15) is 0 Å². The number of aliphatic hydroxyl groups is 1. The second-order valence-corrected chi connectivity index (χ2v) is 7.79. The highest BCUT2D eigenvalue weighted by atomic mass is 16.3. The molecule has 0 heterocycles. The molecule has 2 heteroatoms. The molecule has 0 aromatic heterocycles. The summed E-state index contributed by atoms with van der Waals surface area (Å²) in [7, 11) is 0. The third-order valence-corrected chi connectivity index (χ3v) is 5.21. The van der Waals surface area contributed by atoms with Gasteiger partial charge in [-0.3, -0.25) is 0 Å². The monoisotopic (exact) mass is 317 g/mol. The van der Waals surface area contributed by atoms with E-state index in [0.29, 0.717) is 24.5 Å². The van der Waals surface area contributed by atoms with Gasteiger partial charge in [0.25, 0.3) is 0 Å². The van der Waals surface area contributed by atoms with E-state index >= 15 is 0 Å². The van der Waals surface area contributed by atoms with Crippen LogP contribution in [0.3, 0.4) is 0 Å². The molecular formula is C21H35NO. The van der Waals surface area contributed by atoms with Gasteiger partial charge < -0.3 is 10.4 Å². The molecule has 2 N–H and O–H groups in total. The zero-order valence-corrected chi connectivity index (χ0v) is 15.0. The van der Waals surface area contributed by atoms with Gasteiger partial charge in [-0.05, 0) is 36.2 Å². The summed E-state index contributed by atoms with van der Waals surface area (Å²) in [4.78, 5) is 0. The Morgan fingerprint density at radius 2 is 1.78 bits per heavy atom. The van der Waals surface area contributed by atoms with Crippen molar-refractivity contribution in [2.75, 3.05) is 13.2 Å². The second-order valence-electron chi connectivity index (χ2n) is 7.79. The lowest BCUT2D eigenvalue weighted by Gasteiger charge is -2.28. The Hall–Kier alpha value is -0.860. The maximum atomic E-state index is 9.78. The van der Waals surface area contributed by atoms with Gasteiger partial charge in [-0.1, -0.05) is 76.3 Å². The van der Waals surface area contributed by atoms with Gasteiger partial charge >= 0.3 is 0 Å². The minimum atomic E-state index is 0.312. The van der Waals surface area contributed by atoms with Crippen molar-refractivity contribution in [2.24, 2.45) is 17.8 Å². The van der Waals surface area contributed by atoms with Crippen LogP contribution in [0.25, 0.3) is 0 Å². The molecule has 1 aromatic rings. The quantitative estimate of drug-likeness (QED) is 0.676. The predicted octanol–water partition coefficient (Wildman–Crippen LogP) is 4.94. The van der Waals surface area contributed by atoms with E-state index in [-0.39, 0.29) is 0 Å². The number of nitrogens with one attached hydrogen (secondary N) is 1. The van der Waals surface area contributed by atoms with E-state index in [1.165, 1.54) is 44.1 Å². The highest BCUT2D eigenvalue weighted by Gasteiger charge is 2.20. The molecule has 130 valence electrons. The van der Waals surface area contributed by atoms with Gasteiger partial charge in [-0.2, -0.15) is 0 Å². The first-order valence-electron chi connectivity index (χ1n) is 9.58. The summed E-state index contributed by atoms with van der Waals surface area (Å²) in [6.07, 6.45) is 9.24. The molecular weight excluding hydrogens is 282 g/mol. The highest BCUT2D eigenvalue weighted by molar-refractivity contribution is 5.18. The highest BCUT2D eigenvalue weighted by Crippen LogP contribution is 2.29. The number of aliphatic hydroxyl groups excluding tert-OH is 1. The van der Waals surface area contributed by atoms with Crippen molar-refractivity contribution in [1.29, 1.82) is 0 Å². The normalized spacial score (nSPS) is 19.0. The van der Waals surface area contributed by atoms with Crippen LogP contribution in [0.1, 0.15) is 70.4 Å². The molecule has 0 amide bonds. The van der Waals surface area contributed by atoms with Gasteiger partial charge in [0.15, 0.2) is 0 Å². The van der Waals surface area contributed by atoms with Crippen LogP contribution in [-0.2, 0) is 0 Å². The van der Waals surface area contributed by atoms with Gasteiger partial charge in [0, 0.05) is 19.2 Å². The molecule has 0 saturated heterocycles. The SMILES string of the molecule is CC(C)CC(NCC(CO)CC1CCCCC1)c1ccccc1. The lowest BCUT2D eigenvalue weighted by Crippen LogP contribution is -2.31. The van der Waals surface area contributed by atoms with Gasteiger partial charge in [-0.15, -0.1) is 0 Å². The van der Waals surface area contributed by atoms with Gasteiger partial charge in [-0.25, -0.2) is 0 Å². The van der Waals surface area contributed by atoms with Crippen LogP contribution < -0.4 is 5.32 Å². The number of rotatable bonds is 9. The Kier molecular flexibility index (Phi) is 8.11. The molecule has 2 nitrogen and oxygen atoms in total. The Labute approximate surface area is 142 Å². The van der Waals surface area contributed by atoms with Gasteiger partial charge in [0.05, 0.1) is 0 Å². The Balaban J connectivity index is 1.87. The zero-order chi connectivity index (χ0) is 16.5. The smallest absolute Gasteiger partial charge is 0.0471 e. The average molecular weight is 318 g/mol. The molecule has 2 unspecified atom stereocenters. The molecule has 1 fully saturated rings. The van der Waals surface area contributed by atoms with Gasteiger partial charge in [0.2, 0.25) is 0 Å². The van der Waals surface area contributed by atoms with E-state index in [4.69, 9.17) is 0 Å². The third kappa shape index (κ3) is 6.64. The van der Waals surface area contributed by atoms with Crippen LogP contribution >= 0.6 is 0 Å². The average Bonchev–Trinajstić information content (AvgIpc) is 2.58. The van der Waals surface area contributed by atoms with Crippen molar-refractivity contribution >= 4 is 0 Å². The Bertz CT molecular complexity index is 411. The van der Waals surface area contributed by atoms with Crippen molar-refractivity contribution in [3.05, 3.63) is 35.9 Å². The maximum absolute atomic E-state index is 9.78. The summed E-state index contributed by atoms with van der Waals surface area (Å²) in [5, 5.41) is 13.5. The number of hydrogen-bond donors (Lipinski definition) is 2. The molecule has 1 aliphatic carbocycles. The molecule has 1 aliphatic rings. The molecule has 0 bridgehead atoms. The molecule has 2 rings (SSSR count). The zero-order valence-electron chi connectivity index (χ0n) is 15.0. The van der Waals surface area contributed by atoms with Crippen LogP contribution in [0.4, 0.5) is 0 Å². The predicted molar refractivity (Wildman–Crippen MR) is 98.4 cm³/mol. The molecule has 1 aromatic carbocycles. The van der Waals surface area contributed by atoms with Crippen molar-refractivity contribution in [3.63, 3.8) is 0 Å².